The zero-order chi connectivity index (χ0) is 15.2. The van der Waals surface area contributed by atoms with Crippen LogP contribution < -0.4 is 5.32 Å². The highest BCUT2D eigenvalue weighted by molar-refractivity contribution is 6.30. The number of amides is 1. The quantitative estimate of drug-likeness (QED) is 0.846. The van der Waals surface area contributed by atoms with Crippen LogP contribution in [0.1, 0.15) is 31.7 Å². The summed E-state index contributed by atoms with van der Waals surface area (Å²) in [4.78, 5) is 12.2. The first-order valence-corrected chi connectivity index (χ1v) is 7.32. The van der Waals surface area contributed by atoms with Crippen LogP contribution in [0.4, 0.5) is 0 Å². The van der Waals surface area contributed by atoms with Crippen LogP contribution in [0.25, 0.3) is 0 Å². The van der Waals surface area contributed by atoms with Gasteiger partial charge in [0, 0.05) is 18.0 Å². The van der Waals surface area contributed by atoms with Crippen LogP contribution in [0.2, 0.25) is 5.02 Å². The molecule has 5 heteroatoms. The Balaban J connectivity index is 1.99. The molecule has 110 valence electrons. The zero-order valence-electron chi connectivity index (χ0n) is 11.9. The van der Waals surface area contributed by atoms with Crippen LogP contribution in [-0.2, 0) is 16.1 Å². The number of halogens is 1. The van der Waals surface area contributed by atoms with Crippen molar-refractivity contribution in [2.24, 2.45) is 5.92 Å². The molecule has 0 saturated carbocycles. The van der Waals surface area contributed by atoms with Gasteiger partial charge in [-0.25, -0.2) is 0 Å². The number of nitriles is 1. The number of hydrogen-bond donors (Lipinski definition) is 1. The summed E-state index contributed by atoms with van der Waals surface area (Å²) in [6.45, 7) is 2.50. The Morgan fingerprint density at radius 1 is 1.43 bits per heavy atom. The van der Waals surface area contributed by atoms with E-state index in [1.54, 1.807) is 18.4 Å². The van der Waals surface area contributed by atoms with Crippen molar-refractivity contribution in [1.29, 1.82) is 5.26 Å². The highest BCUT2D eigenvalue weighted by Gasteiger charge is 2.29. The molecule has 1 N–H and O–H groups in total. The number of hydrogen-bond acceptors (Lipinski definition) is 3. The minimum absolute atomic E-state index is 0.161. The SMILES string of the molecule is CCC1CC(OC#N)=C(C(=O)NCc2ccc(Cl)cc2)C1. The third-order valence-electron chi connectivity index (χ3n) is 3.69. The molecule has 0 radical (unpaired) electrons. The monoisotopic (exact) mass is 304 g/mol. The summed E-state index contributed by atoms with van der Waals surface area (Å²) in [5.74, 6) is 0.730. The largest absolute Gasteiger partial charge is 0.392 e. The Morgan fingerprint density at radius 3 is 2.76 bits per heavy atom. The maximum Gasteiger partial charge on any atom is 0.291 e. The normalized spacial score (nSPS) is 17.5. The van der Waals surface area contributed by atoms with E-state index in [9.17, 15) is 4.79 Å². The lowest BCUT2D eigenvalue weighted by Crippen LogP contribution is -2.24. The van der Waals surface area contributed by atoms with E-state index in [1.165, 1.54) is 0 Å². The van der Waals surface area contributed by atoms with Crippen molar-refractivity contribution in [3.63, 3.8) is 0 Å². The van der Waals surface area contributed by atoms with Gasteiger partial charge in [0.15, 0.2) is 0 Å². The first-order chi connectivity index (χ1) is 10.1. The van der Waals surface area contributed by atoms with Crippen LogP contribution in [0.15, 0.2) is 35.6 Å². The van der Waals surface area contributed by atoms with E-state index in [1.807, 2.05) is 12.1 Å². The van der Waals surface area contributed by atoms with Crippen molar-refractivity contribution in [3.05, 3.63) is 46.2 Å². The lowest BCUT2D eigenvalue weighted by Gasteiger charge is -2.08. The Hall–Kier alpha value is -1.99. The summed E-state index contributed by atoms with van der Waals surface area (Å²) in [5.41, 5.74) is 1.57. The first-order valence-electron chi connectivity index (χ1n) is 6.94. The van der Waals surface area contributed by atoms with Gasteiger partial charge in [-0.2, -0.15) is 0 Å². The Morgan fingerprint density at radius 2 is 2.14 bits per heavy atom. The lowest BCUT2D eigenvalue weighted by atomic mass is 10.0. The maximum atomic E-state index is 12.2. The topological polar surface area (TPSA) is 62.1 Å². The van der Waals surface area contributed by atoms with Crippen LogP contribution in [0, 0.1) is 17.4 Å². The number of allylic oxidation sites excluding steroid dienone is 1. The number of nitrogens with zero attached hydrogens (tertiary/aromatic N) is 1. The molecule has 21 heavy (non-hydrogen) atoms. The van der Waals surface area contributed by atoms with Crippen molar-refractivity contribution >= 4 is 17.5 Å². The van der Waals surface area contributed by atoms with Gasteiger partial charge in [-0.3, -0.25) is 4.79 Å². The molecule has 1 aromatic carbocycles. The molecule has 1 unspecified atom stereocenters. The second kappa shape index (κ2) is 7.14. The van der Waals surface area contributed by atoms with Crippen LogP contribution in [0.3, 0.4) is 0 Å². The Labute approximate surface area is 129 Å². The molecular weight excluding hydrogens is 288 g/mol. The number of carbonyl (C=O) groups excluding carboxylic acids is 1. The molecule has 0 aromatic heterocycles. The summed E-state index contributed by atoms with van der Waals surface area (Å²) in [6, 6.07) is 7.31. The van der Waals surface area contributed by atoms with Crippen molar-refractivity contribution in [3.8, 4) is 6.26 Å². The summed E-state index contributed by atoms with van der Waals surface area (Å²) in [7, 11) is 0. The Kier molecular flexibility index (Phi) is 5.24. The van der Waals surface area contributed by atoms with E-state index < -0.39 is 0 Å². The summed E-state index contributed by atoms with van der Waals surface area (Å²) in [5, 5.41) is 12.2. The second-order valence-corrected chi connectivity index (χ2v) is 5.52. The molecular formula is C16H17ClN2O2. The fourth-order valence-corrected chi connectivity index (χ4v) is 2.54. The predicted molar refractivity (Wildman–Crippen MR) is 80.0 cm³/mol. The molecule has 0 spiro atoms. The standard InChI is InChI=1S/C16H17ClN2O2/c1-2-11-7-14(15(8-11)21-10-18)16(20)19-9-12-3-5-13(17)6-4-12/h3-6,11H,2,7-9H2,1H3,(H,19,20). The minimum Gasteiger partial charge on any atom is -0.392 e. The molecule has 4 nitrogen and oxygen atoms in total. The molecule has 0 saturated heterocycles. The smallest absolute Gasteiger partial charge is 0.291 e. The minimum atomic E-state index is -0.161. The number of rotatable bonds is 5. The highest BCUT2D eigenvalue weighted by Crippen LogP contribution is 2.34. The third kappa shape index (κ3) is 3.99. The first kappa shape index (κ1) is 15.4. The van der Waals surface area contributed by atoms with Gasteiger partial charge < -0.3 is 10.1 Å². The number of ether oxygens (including phenoxy) is 1. The van der Waals surface area contributed by atoms with Crippen LogP contribution >= 0.6 is 11.6 Å². The molecule has 1 atom stereocenters. The average molecular weight is 305 g/mol. The van der Waals surface area contributed by atoms with E-state index >= 15 is 0 Å². The molecule has 0 bridgehead atoms. The predicted octanol–water partition coefficient (Wildman–Crippen LogP) is 3.53. The zero-order valence-corrected chi connectivity index (χ0v) is 12.6. The second-order valence-electron chi connectivity index (χ2n) is 5.09. The summed E-state index contributed by atoms with van der Waals surface area (Å²) >= 11 is 5.82. The summed E-state index contributed by atoms with van der Waals surface area (Å²) < 4.78 is 4.94. The van der Waals surface area contributed by atoms with E-state index in [0.29, 0.717) is 41.7 Å². The van der Waals surface area contributed by atoms with Crippen LogP contribution in [-0.4, -0.2) is 5.91 Å². The van der Waals surface area contributed by atoms with Crippen molar-refractivity contribution in [2.45, 2.75) is 32.7 Å². The summed E-state index contributed by atoms with van der Waals surface area (Å²) in [6.07, 6.45) is 3.96. The number of nitrogens with one attached hydrogen (secondary N) is 1. The van der Waals surface area contributed by atoms with Gasteiger partial charge >= 0.3 is 0 Å². The molecule has 2 rings (SSSR count). The highest BCUT2D eigenvalue weighted by atomic mass is 35.5. The number of benzene rings is 1. The van der Waals surface area contributed by atoms with Gasteiger partial charge in [-0.15, -0.1) is 5.26 Å². The van der Waals surface area contributed by atoms with E-state index in [0.717, 1.165) is 12.0 Å². The third-order valence-corrected chi connectivity index (χ3v) is 3.94. The Bertz CT molecular complexity index is 587. The number of carbonyl (C=O) groups is 1. The fourth-order valence-electron chi connectivity index (χ4n) is 2.42. The fraction of sp³-hybridized carbons (Fsp3) is 0.375. The van der Waals surface area contributed by atoms with Gasteiger partial charge in [-0.1, -0.05) is 37.1 Å². The molecule has 0 fully saturated rings. The molecule has 1 aliphatic carbocycles. The van der Waals surface area contributed by atoms with Gasteiger partial charge in [0.2, 0.25) is 0 Å². The van der Waals surface area contributed by atoms with E-state index in [-0.39, 0.29) is 5.91 Å². The molecule has 0 heterocycles. The lowest BCUT2D eigenvalue weighted by molar-refractivity contribution is -0.117. The van der Waals surface area contributed by atoms with Crippen molar-refractivity contribution in [2.75, 3.05) is 0 Å². The van der Waals surface area contributed by atoms with Crippen LogP contribution in [0.5, 0.6) is 0 Å². The van der Waals surface area contributed by atoms with E-state index in [4.69, 9.17) is 21.6 Å². The maximum absolute atomic E-state index is 12.2. The van der Waals surface area contributed by atoms with Gasteiger partial charge in [0.05, 0.1) is 5.57 Å². The van der Waals surface area contributed by atoms with Gasteiger partial charge in [0.25, 0.3) is 12.2 Å². The van der Waals surface area contributed by atoms with Gasteiger partial charge in [0.1, 0.15) is 5.76 Å². The van der Waals surface area contributed by atoms with Gasteiger partial charge in [-0.05, 0) is 30.0 Å². The molecule has 1 amide bonds. The van der Waals surface area contributed by atoms with E-state index in [2.05, 4.69) is 12.2 Å². The molecule has 0 aliphatic heterocycles. The molecule has 1 aromatic rings. The molecule has 1 aliphatic rings. The van der Waals surface area contributed by atoms with Crippen molar-refractivity contribution in [1.82, 2.24) is 5.32 Å². The van der Waals surface area contributed by atoms with Crippen molar-refractivity contribution < 1.29 is 9.53 Å². The average Bonchev–Trinajstić information content (AvgIpc) is 2.90.